The number of hydrogen-bond donors (Lipinski definition) is 2. The minimum Gasteiger partial charge on any atom is -0.495 e. The zero-order valence-corrected chi connectivity index (χ0v) is 15.7. The van der Waals surface area contributed by atoms with Crippen LogP contribution < -0.4 is 15.4 Å². The fourth-order valence-corrected chi connectivity index (χ4v) is 2.74. The molecule has 1 heterocycles. The number of ether oxygens (including phenoxy) is 1. The maximum Gasteiger partial charge on any atom is 0.258 e. The molecule has 0 fully saturated rings. The summed E-state index contributed by atoms with van der Waals surface area (Å²) in [4.78, 5) is 20.8. The van der Waals surface area contributed by atoms with Crippen molar-refractivity contribution >= 4 is 29.1 Å². The molecule has 0 aliphatic heterocycles. The van der Waals surface area contributed by atoms with E-state index in [2.05, 4.69) is 20.6 Å². The van der Waals surface area contributed by atoms with Gasteiger partial charge in [-0.05, 0) is 30.7 Å². The van der Waals surface area contributed by atoms with E-state index in [1.165, 1.54) is 19.5 Å². The van der Waals surface area contributed by atoms with E-state index < -0.39 is 0 Å². The van der Waals surface area contributed by atoms with Gasteiger partial charge in [0, 0.05) is 18.1 Å². The van der Waals surface area contributed by atoms with Crippen molar-refractivity contribution in [1.29, 1.82) is 0 Å². The first kappa shape index (κ1) is 18.7. The van der Waals surface area contributed by atoms with Gasteiger partial charge in [-0.2, -0.15) is 0 Å². The first-order valence-electron chi connectivity index (χ1n) is 8.35. The van der Waals surface area contributed by atoms with Gasteiger partial charge in [-0.3, -0.25) is 4.79 Å². The molecule has 3 aromatic rings. The maximum atomic E-state index is 12.3. The fraction of sp³-hybridized carbons (Fsp3) is 0.150. The second kappa shape index (κ2) is 8.51. The zero-order valence-electron chi connectivity index (χ0n) is 14.9. The minimum absolute atomic E-state index is 0.0484. The number of carbonyl (C=O) groups is 1. The van der Waals surface area contributed by atoms with Gasteiger partial charge in [0.15, 0.2) is 0 Å². The second-order valence-corrected chi connectivity index (χ2v) is 6.28. The van der Waals surface area contributed by atoms with E-state index >= 15 is 0 Å². The average Bonchev–Trinajstić information content (AvgIpc) is 2.69. The van der Waals surface area contributed by atoms with Crippen molar-refractivity contribution in [1.82, 2.24) is 9.97 Å². The SMILES string of the molecule is COc1ccc(NC(=O)c2cnc(NC(C)c3ccccc3)nc2)cc1Cl. The molecular formula is C20H19ClN4O2. The van der Waals surface area contributed by atoms with Crippen molar-refractivity contribution in [2.75, 3.05) is 17.7 Å². The molecule has 1 atom stereocenters. The molecule has 1 unspecified atom stereocenters. The molecule has 2 aromatic carbocycles. The fourth-order valence-electron chi connectivity index (χ4n) is 2.49. The van der Waals surface area contributed by atoms with Crippen LogP contribution in [0.2, 0.25) is 5.02 Å². The highest BCUT2D eigenvalue weighted by Crippen LogP contribution is 2.27. The number of hydrogen-bond acceptors (Lipinski definition) is 5. The number of nitrogens with one attached hydrogen (secondary N) is 2. The summed E-state index contributed by atoms with van der Waals surface area (Å²) in [5.74, 6) is 0.676. The van der Waals surface area contributed by atoms with Crippen LogP contribution in [0.15, 0.2) is 60.9 Å². The largest absolute Gasteiger partial charge is 0.495 e. The summed E-state index contributed by atoms with van der Waals surface area (Å²) >= 11 is 6.07. The number of aromatic nitrogens is 2. The Morgan fingerprint density at radius 3 is 2.44 bits per heavy atom. The third kappa shape index (κ3) is 4.74. The van der Waals surface area contributed by atoms with Crippen LogP contribution in [0, 0.1) is 0 Å². The summed E-state index contributed by atoms with van der Waals surface area (Å²) in [6.07, 6.45) is 2.96. The molecule has 0 aliphatic rings. The third-order valence-electron chi connectivity index (χ3n) is 3.97. The summed E-state index contributed by atoms with van der Waals surface area (Å²) in [6.45, 7) is 2.02. The van der Waals surface area contributed by atoms with Gasteiger partial charge in [0.1, 0.15) is 5.75 Å². The summed E-state index contributed by atoms with van der Waals surface area (Å²) in [5.41, 5.74) is 2.03. The van der Waals surface area contributed by atoms with Crippen molar-refractivity contribution in [3.63, 3.8) is 0 Å². The number of anilines is 2. The predicted molar refractivity (Wildman–Crippen MR) is 106 cm³/mol. The van der Waals surface area contributed by atoms with Gasteiger partial charge in [-0.15, -0.1) is 0 Å². The average molecular weight is 383 g/mol. The summed E-state index contributed by atoms with van der Waals surface area (Å²) in [5, 5.41) is 6.38. The summed E-state index contributed by atoms with van der Waals surface area (Å²) < 4.78 is 5.09. The highest BCUT2D eigenvalue weighted by atomic mass is 35.5. The van der Waals surface area contributed by atoms with E-state index in [-0.39, 0.29) is 11.9 Å². The molecule has 0 radical (unpaired) electrons. The van der Waals surface area contributed by atoms with Crippen molar-refractivity contribution in [2.45, 2.75) is 13.0 Å². The van der Waals surface area contributed by atoms with Gasteiger partial charge in [-0.1, -0.05) is 41.9 Å². The smallest absolute Gasteiger partial charge is 0.258 e. The maximum absolute atomic E-state index is 12.3. The van der Waals surface area contributed by atoms with Crippen LogP contribution in [0.4, 0.5) is 11.6 Å². The second-order valence-electron chi connectivity index (χ2n) is 5.88. The van der Waals surface area contributed by atoms with E-state index in [4.69, 9.17) is 16.3 Å². The quantitative estimate of drug-likeness (QED) is 0.653. The van der Waals surface area contributed by atoms with Gasteiger partial charge in [0.25, 0.3) is 5.91 Å². The lowest BCUT2D eigenvalue weighted by Gasteiger charge is -2.14. The molecule has 3 rings (SSSR count). The highest BCUT2D eigenvalue weighted by molar-refractivity contribution is 6.32. The summed E-state index contributed by atoms with van der Waals surface area (Å²) in [6, 6.07) is 15.0. The molecule has 27 heavy (non-hydrogen) atoms. The minimum atomic E-state index is -0.320. The third-order valence-corrected chi connectivity index (χ3v) is 4.26. The Labute approximate surface area is 162 Å². The topological polar surface area (TPSA) is 76.1 Å². The molecule has 1 aromatic heterocycles. The lowest BCUT2D eigenvalue weighted by molar-refractivity contribution is 0.102. The van der Waals surface area contributed by atoms with E-state index in [1.807, 2.05) is 37.3 Å². The van der Waals surface area contributed by atoms with Gasteiger partial charge in [0.05, 0.1) is 23.7 Å². The van der Waals surface area contributed by atoms with Crippen LogP contribution in [0.1, 0.15) is 28.9 Å². The van der Waals surface area contributed by atoms with E-state index in [1.54, 1.807) is 18.2 Å². The number of methoxy groups -OCH3 is 1. The van der Waals surface area contributed by atoms with Crippen molar-refractivity contribution in [2.24, 2.45) is 0 Å². The normalized spacial score (nSPS) is 11.5. The number of rotatable bonds is 6. The molecule has 0 saturated heterocycles. The Morgan fingerprint density at radius 1 is 1.11 bits per heavy atom. The number of benzene rings is 2. The molecule has 0 spiro atoms. The summed E-state index contributed by atoms with van der Waals surface area (Å²) in [7, 11) is 1.53. The van der Waals surface area contributed by atoms with Crippen LogP contribution in [0.25, 0.3) is 0 Å². The monoisotopic (exact) mass is 382 g/mol. The first-order valence-corrected chi connectivity index (χ1v) is 8.73. The van der Waals surface area contributed by atoms with Crippen LogP contribution in [0.5, 0.6) is 5.75 Å². The Hall–Kier alpha value is -3.12. The van der Waals surface area contributed by atoms with Crippen LogP contribution in [-0.4, -0.2) is 23.0 Å². The van der Waals surface area contributed by atoms with Crippen molar-refractivity contribution in [3.8, 4) is 5.75 Å². The van der Waals surface area contributed by atoms with Gasteiger partial charge in [-0.25, -0.2) is 9.97 Å². The molecule has 0 bridgehead atoms. The Morgan fingerprint density at radius 2 is 1.81 bits per heavy atom. The Bertz CT molecular complexity index is 917. The predicted octanol–water partition coefficient (Wildman–Crippen LogP) is 4.56. The molecule has 6 nitrogen and oxygen atoms in total. The molecule has 7 heteroatoms. The Balaban J connectivity index is 1.64. The van der Waals surface area contributed by atoms with Crippen molar-refractivity contribution < 1.29 is 9.53 Å². The molecule has 0 saturated carbocycles. The van der Waals surface area contributed by atoms with E-state index in [9.17, 15) is 4.79 Å². The van der Waals surface area contributed by atoms with Gasteiger partial charge < -0.3 is 15.4 Å². The molecular weight excluding hydrogens is 364 g/mol. The van der Waals surface area contributed by atoms with E-state index in [0.717, 1.165) is 5.56 Å². The van der Waals surface area contributed by atoms with Crippen LogP contribution in [0.3, 0.4) is 0 Å². The highest BCUT2D eigenvalue weighted by Gasteiger charge is 2.11. The molecule has 138 valence electrons. The van der Waals surface area contributed by atoms with Crippen LogP contribution >= 0.6 is 11.6 Å². The molecule has 0 aliphatic carbocycles. The van der Waals surface area contributed by atoms with Crippen LogP contribution in [-0.2, 0) is 0 Å². The van der Waals surface area contributed by atoms with Gasteiger partial charge >= 0.3 is 0 Å². The van der Waals surface area contributed by atoms with E-state index in [0.29, 0.717) is 28.0 Å². The number of amides is 1. The Kier molecular flexibility index (Phi) is 5.88. The lowest BCUT2D eigenvalue weighted by Crippen LogP contribution is -2.14. The standard InChI is InChI=1S/C20H19ClN4O2/c1-13(14-6-4-3-5-7-14)24-20-22-11-15(12-23-20)19(26)25-16-8-9-18(27-2)17(21)10-16/h3-13H,1-2H3,(H,25,26)(H,22,23,24). The number of nitrogens with zero attached hydrogens (tertiary/aromatic N) is 2. The molecule has 2 N–H and O–H groups in total. The first-order chi connectivity index (χ1) is 13.1. The van der Waals surface area contributed by atoms with Crippen molar-refractivity contribution in [3.05, 3.63) is 77.1 Å². The number of halogens is 1. The number of carbonyl (C=O) groups excluding carboxylic acids is 1. The molecule has 1 amide bonds. The van der Waals surface area contributed by atoms with Gasteiger partial charge in [0.2, 0.25) is 5.95 Å². The zero-order chi connectivity index (χ0) is 19.2. The lowest BCUT2D eigenvalue weighted by atomic mass is 10.1.